The van der Waals surface area contributed by atoms with Crippen molar-refractivity contribution in [3.63, 3.8) is 0 Å². The summed E-state index contributed by atoms with van der Waals surface area (Å²) >= 11 is 0. The second-order valence-corrected chi connectivity index (χ2v) is 4.59. The first-order valence-electron chi connectivity index (χ1n) is 6.16. The van der Waals surface area contributed by atoms with Crippen molar-refractivity contribution in [3.05, 3.63) is 35.4 Å². The van der Waals surface area contributed by atoms with Crippen LogP contribution in [-0.2, 0) is 12.6 Å². The Morgan fingerprint density at radius 3 is 2.72 bits per heavy atom. The van der Waals surface area contributed by atoms with Crippen LogP contribution in [0.3, 0.4) is 0 Å². The molecular weight excluding hydrogens is 241 g/mol. The van der Waals surface area contributed by atoms with Crippen LogP contribution in [0.2, 0.25) is 0 Å². The number of alkyl halides is 3. The lowest BCUT2D eigenvalue weighted by Crippen LogP contribution is -2.48. The normalized spacial score (nSPS) is 20.9. The Labute approximate surface area is 105 Å². The van der Waals surface area contributed by atoms with Crippen LogP contribution in [0.15, 0.2) is 24.3 Å². The molecule has 1 heterocycles. The predicted octanol–water partition coefficient (Wildman–Crippen LogP) is 2.20. The van der Waals surface area contributed by atoms with E-state index in [4.69, 9.17) is 0 Å². The summed E-state index contributed by atoms with van der Waals surface area (Å²) in [7, 11) is 0. The van der Waals surface area contributed by atoms with Crippen molar-refractivity contribution < 1.29 is 13.2 Å². The predicted molar refractivity (Wildman–Crippen MR) is 64.4 cm³/mol. The lowest BCUT2D eigenvalue weighted by molar-refractivity contribution is -0.137. The first kappa shape index (κ1) is 13.4. The first-order chi connectivity index (χ1) is 8.55. The topological polar surface area (TPSA) is 24.1 Å². The molecule has 2 rings (SSSR count). The quantitative estimate of drug-likeness (QED) is 0.868. The number of piperazine rings is 1. The molecule has 0 aliphatic carbocycles. The van der Waals surface area contributed by atoms with E-state index in [0.29, 0.717) is 12.5 Å². The average Bonchev–Trinajstić information content (AvgIpc) is 2.37. The molecule has 1 saturated heterocycles. The monoisotopic (exact) mass is 258 g/mol. The second-order valence-electron chi connectivity index (χ2n) is 4.59. The number of benzene rings is 1. The minimum atomic E-state index is -4.25. The van der Waals surface area contributed by atoms with Crippen molar-refractivity contribution in [2.24, 2.45) is 0 Å². The molecular formula is C13H17F3N2. The van der Waals surface area contributed by atoms with E-state index < -0.39 is 11.7 Å². The highest BCUT2D eigenvalue weighted by atomic mass is 19.4. The van der Waals surface area contributed by atoms with Gasteiger partial charge in [0.1, 0.15) is 0 Å². The van der Waals surface area contributed by atoms with E-state index in [1.165, 1.54) is 12.1 Å². The number of aryl methyl sites for hydroxylation is 1. The van der Waals surface area contributed by atoms with Gasteiger partial charge in [-0.2, -0.15) is 13.2 Å². The summed E-state index contributed by atoms with van der Waals surface area (Å²) in [5.74, 6) is 0. The van der Waals surface area contributed by atoms with E-state index >= 15 is 0 Å². The van der Waals surface area contributed by atoms with Crippen LogP contribution in [0.25, 0.3) is 0 Å². The average molecular weight is 258 g/mol. The molecule has 1 atom stereocenters. The molecule has 0 spiro atoms. The minimum absolute atomic E-state index is 0.355. The van der Waals surface area contributed by atoms with Gasteiger partial charge < -0.3 is 10.6 Å². The van der Waals surface area contributed by atoms with Gasteiger partial charge in [0.05, 0.1) is 5.56 Å². The fourth-order valence-corrected chi connectivity index (χ4v) is 2.16. The van der Waals surface area contributed by atoms with Gasteiger partial charge in [-0.3, -0.25) is 0 Å². The minimum Gasteiger partial charge on any atom is -0.314 e. The summed E-state index contributed by atoms with van der Waals surface area (Å²) in [5.41, 5.74) is 0.187. The Morgan fingerprint density at radius 1 is 1.22 bits per heavy atom. The zero-order valence-corrected chi connectivity index (χ0v) is 10.1. The van der Waals surface area contributed by atoms with Crippen LogP contribution < -0.4 is 10.6 Å². The van der Waals surface area contributed by atoms with E-state index in [9.17, 15) is 13.2 Å². The van der Waals surface area contributed by atoms with Crippen molar-refractivity contribution in [2.45, 2.75) is 25.1 Å². The van der Waals surface area contributed by atoms with Crippen molar-refractivity contribution in [3.8, 4) is 0 Å². The third-order valence-corrected chi connectivity index (χ3v) is 3.16. The molecule has 18 heavy (non-hydrogen) atoms. The standard InChI is InChI=1S/C13H17F3N2/c14-13(15,16)11-3-1-2-10(8-11)4-5-12-9-17-6-7-18-12/h1-3,8,12,17-18H,4-7,9H2. The number of hydrogen-bond donors (Lipinski definition) is 2. The summed E-state index contributed by atoms with van der Waals surface area (Å²) < 4.78 is 37.6. The molecule has 1 fully saturated rings. The highest BCUT2D eigenvalue weighted by Gasteiger charge is 2.30. The van der Waals surface area contributed by atoms with Crippen molar-refractivity contribution in [2.75, 3.05) is 19.6 Å². The fourth-order valence-electron chi connectivity index (χ4n) is 2.16. The van der Waals surface area contributed by atoms with Gasteiger partial charge in [-0.05, 0) is 24.5 Å². The Bertz CT molecular complexity index is 384. The largest absolute Gasteiger partial charge is 0.416 e. The Kier molecular flexibility index (Phi) is 4.24. The van der Waals surface area contributed by atoms with Crippen LogP contribution in [0, 0.1) is 0 Å². The van der Waals surface area contributed by atoms with Gasteiger partial charge in [0, 0.05) is 25.7 Å². The van der Waals surface area contributed by atoms with Gasteiger partial charge in [-0.1, -0.05) is 18.2 Å². The Balaban J connectivity index is 1.92. The molecule has 0 aromatic heterocycles. The number of halogens is 3. The highest BCUT2D eigenvalue weighted by Crippen LogP contribution is 2.29. The lowest BCUT2D eigenvalue weighted by Gasteiger charge is -2.24. The van der Waals surface area contributed by atoms with Crippen LogP contribution in [-0.4, -0.2) is 25.7 Å². The van der Waals surface area contributed by atoms with Gasteiger partial charge in [0.25, 0.3) is 0 Å². The Morgan fingerprint density at radius 2 is 2.06 bits per heavy atom. The molecule has 0 bridgehead atoms. The summed E-state index contributed by atoms with van der Waals surface area (Å²) in [6, 6.07) is 5.95. The lowest BCUT2D eigenvalue weighted by atomic mass is 10.0. The maximum absolute atomic E-state index is 12.5. The third kappa shape index (κ3) is 3.71. The molecule has 5 heteroatoms. The van der Waals surface area contributed by atoms with Gasteiger partial charge in [-0.25, -0.2) is 0 Å². The van der Waals surface area contributed by atoms with Gasteiger partial charge >= 0.3 is 6.18 Å². The SMILES string of the molecule is FC(F)(F)c1cccc(CCC2CNCCN2)c1. The zero-order chi connectivity index (χ0) is 13.0. The number of rotatable bonds is 3. The maximum atomic E-state index is 12.5. The van der Waals surface area contributed by atoms with Crippen LogP contribution in [0.1, 0.15) is 17.5 Å². The number of nitrogens with one attached hydrogen (secondary N) is 2. The van der Waals surface area contributed by atoms with E-state index in [0.717, 1.165) is 37.7 Å². The third-order valence-electron chi connectivity index (χ3n) is 3.16. The molecule has 100 valence electrons. The molecule has 1 aliphatic heterocycles. The van der Waals surface area contributed by atoms with Crippen LogP contribution in [0.4, 0.5) is 13.2 Å². The molecule has 1 unspecified atom stereocenters. The molecule has 0 amide bonds. The van der Waals surface area contributed by atoms with E-state index in [2.05, 4.69) is 10.6 Å². The second kappa shape index (κ2) is 5.71. The Hall–Kier alpha value is -1.07. The smallest absolute Gasteiger partial charge is 0.314 e. The molecule has 1 aliphatic rings. The van der Waals surface area contributed by atoms with E-state index in [-0.39, 0.29) is 0 Å². The molecule has 1 aromatic rings. The maximum Gasteiger partial charge on any atom is 0.416 e. The van der Waals surface area contributed by atoms with Crippen molar-refractivity contribution in [1.82, 2.24) is 10.6 Å². The molecule has 2 nitrogen and oxygen atoms in total. The van der Waals surface area contributed by atoms with Gasteiger partial charge in [0.2, 0.25) is 0 Å². The molecule has 1 aromatic carbocycles. The van der Waals surface area contributed by atoms with Crippen LogP contribution in [0.5, 0.6) is 0 Å². The highest BCUT2D eigenvalue weighted by molar-refractivity contribution is 5.25. The zero-order valence-electron chi connectivity index (χ0n) is 10.1. The molecule has 0 saturated carbocycles. The molecule has 2 N–H and O–H groups in total. The summed E-state index contributed by atoms with van der Waals surface area (Å²) in [6.45, 7) is 2.77. The van der Waals surface area contributed by atoms with E-state index in [1.807, 2.05) is 0 Å². The van der Waals surface area contributed by atoms with Crippen molar-refractivity contribution in [1.29, 1.82) is 0 Å². The summed E-state index contributed by atoms with van der Waals surface area (Å²) in [4.78, 5) is 0. The van der Waals surface area contributed by atoms with Crippen molar-refractivity contribution >= 4 is 0 Å². The van der Waals surface area contributed by atoms with Gasteiger partial charge in [-0.15, -0.1) is 0 Å². The summed E-state index contributed by atoms with van der Waals surface area (Å²) in [6.07, 6.45) is -2.72. The first-order valence-corrected chi connectivity index (χ1v) is 6.16. The van der Waals surface area contributed by atoms with Gasteiger partial charge in [0.15, 0.2) is 0 Å². The fraction of sp³-hybridized carbons (Fsp3) is 0.538. The van der Waals surface area contributed by atoms with Crippen LogP contribution >= 0.6 is 0 Å². The summed E-state index contributed by atoms with van der Waals surface area (Å²) in [5, 5.41) is 6.61. The number of hydrogen-bond acceptors (Lipinski definition) is 2. The molecule has 0 radical (unpaired) electrons. The van der Waals surface area contributed by atoms with E-state index in [1.54, 1.807) is 6.07 Å².